The van der Waals surface area contributed by atoms with Crippen LogP contribution in [0.2, 0.25) is 0 Å². The summed E-state index contributed by atoms with van der Waals surface area (Å²) in [5.41, 5.74) is 0. The highest BCUT2D eigenvalue weighted by Crippen LogP contribution is 2.12. The molecule has 1 aliphatic heterocycles. The molecule has 2 heterocycles. The summed E-state index contributed by atoms with van der Waals surface area (Å²) < 4.78 is 10.1. The van der Waals surface area contributed by atoms with Gasteiger partial charge in [-0.05, 0) is 38.2 Å². The molecule has 2 rings (SSSR count). The summed E-state index contributed by atoms with van der Waals surface area (Å²) in [6, 6.07) is 2.25. The number of nitrogens with zero attached hydrogens (tertiary/aromatic N) is 1. The molecule has 0 aromatic carbocycles. The first-order valence-electron chi connectivity index (χ1n) is 7.51. The minimum Gasteiger partial charge on any atom is -0.463 e. The third-order valence-corrected chi connectivity index (χ3v) is 3.62. The number of thiocarbonyl (C=S) groups is 1. The Kier molecular flexibility index (Phi) is 5.91. The second kappa shape index (κ2) is 7.91. The molecule has 0 spiro atoms. The molecule has 0 saturated carbocycles. The van der Waals surface area contributed by atoms with Crippen LogP contribution in [0.3, 0.4) is 0 Å². The molecule has 24 heavy (non-hydrogen) atoms. The van der Waals surface area contributed by atoms with Crippen LogP contribution in [0.25, 0.3) is 0 Å². The fourth-order valence-corrected chi connectivity index (χ4v) is 2.58. The molecule has 1 aromatic heterocycles. The van der Waals surface area contributed by atoms with Gasteiger partial charge in [-0.2, -0.15) is 0 Å². The van der Waals surface area contributed by atoms with E-state index in [1.165, 1.54) is 17.2 Å². The number of nitrogens with one attached hydrogen (secondary N) is 2. The van der Waals surface area contributed by atoms with E-state index in [1.807, 2.05) is 0 Å². The van der Waals surface area contributed by atoms with E-state index in [0.717, 1.165) is 0 Å². The van der Waals surface area contributed by atoms with Crippen LogP contribution < -0.4 is 10.6 Å². The van der Waals surface area contributed by atoms with Gasteiger partial charge in [0.2, 0.25) is 5.91 Å². The van der Waals surface area contributed by atoms with E-state index in [9.17, 15) is 14.4 Å². The van der Waals surface area contributed by atoms with Crippen LogP contribution in [0.1, 0.15) is 30.8 Å². The maximum atomic E-state index is 12.1. The SMILES string of the molecule is CC(C)OC(=O)C[C@@H]1C(=O)NCCN1C(=S)NC(=O)c1ccco1. The van der Waals surface area contributed by atoms with Crippen LogP contribution in [0.5, 0.6) is 0 Å². The Bertz CT molecular complexity index is 629. The van der Waals surface area contributed by atoms with Gasteiger partial charge < -0.3 is 19.4 Å². The number of piperazine rings is 1. The number of carbonyl (C=O) groups is 3. The number of ether oxygens (including phenoxy) is 1. The molecule has 0 radical (unpaired) electrons. The second-order valence-electron chi connectivity index (χ2n) is 5.48. The van der Waals surface area contributed by atoms with Gasteiger partial charge in [0.1, 0.15) is 6.04 Å². The number of carbonyl (C=O) groups excluding carboxylic acids is 3. The largest absolute Gasteiger partial charge is 0.463 e. The molecule has 1 aromatic rings. The highest BCUT2D eigenvalue weighted by atomic mass is 32.1. The lowest BCUT2D eigenvalue weighted by Crippen LogP contribution is -2.60. The predicted molar refractivity (Wildman–Crippen MR) is 88.1 cm³/mol. The Labute approximate surface area is 144 Å². The summed E-state index contributed by atoms with van der Waals surface area (Å²) in [4.78, 5) is 37.5. The number of hydrogen-bond donors (Lipinski definition) is 2. The first-order chi connectivity index (χ1) is 11.4. The van der Waals surface area contributed by atoms with Gasteiger partial charge in [0.25, 0.3) is 5.91 Å². The van der Waals surface area contributed by atoms with Gasteiger partial charge in [0.15, 0.2) is 10.9 Å². The van der Waals surface area contributed by atoms with Crippen LogP contribution in [0, 0.1) is 0 Å². The lowest BCUT2D eigenvalue weighted by molar-refractivity contribution is -0.150. The van der Waals surface area contributed by atoms with Crippen molar-refractivity contribution in [3.63, 3.8) is 0 Å². The van der Waals surface area contributed by atoms with Crippen molar-refractivity contribution in [3.05, 3.63) is 24.2 Å². The molecule has 8 nitrogen and oxygen atoms in total. The van der Waals surface area contributed by atoms with Gasteiger partial charge in [-0.1, -0.05) is 0 Å². The standard InChI is InChI=1S/C15H19N3O5S/c1-9(2)23-12(19)8-10-13(20)16-5-6-18(10)15(24)17-14(21)11-4-3-7-22-11/h3-4,7,9-10H,5-6,8H2,1-2H3,(H,16,20)(H,17,21,24)/t10-/m1/s1. The van der Waals surface area contributed by atoms with Crippen molar-refractivity contribution in [2.24, 2.45) is 0 Å². The van der Waals surface area contributed by atoms with E-state index in [1.54, 1.807) is 19.9 Å². The van der Waals surface area contributed by atoms with E-state index in [0.29, 0.717) is 13.1 Å². The van der Waals surface area contributed by atoms with Crippen molar-refractivity contribution in [1.82, 2.24) is 15.5 Å². The Morgan fingerprint density at radius 1 is 1.54 bits per heavy atom. The molecule has 9 heteroatoms. The summed E-state index contributed by atoms with van der Waals surface area (Å²) in [5, 5.41) is 5.25. The van der Waals surface area contributed by atoms with Gasteiger partial charge >= 0.3 is 5.97 Å². The zero-order chi connectivity index (χ0) is 17.7. The molecule has 1 fully saturated rings. The highest BCUT2D eigenvalue weighted by molar-refractivity contribution is 7.80. The zero-order valence-corrected chi connectivity index (χ0v) is 14.2. The van der Waals surface area contributed by atoms with Crippen molar-refractivity contribution in [3.8, 4) is 0 Å². The monoisotopic (exact) mass is 353 g/mol. The second-order valence-corrected chi connectivity index (χ2v) is 5.87. The summed E-state index contributed by atoms with van der Waals surface area (Å²) in [6.07, 6.45) is 0.945. The van der Waals surface area contributed by atoms with Gasteiger partial charge in [0, 0.05) is 13.1 Å². The predicted octanol–water partition coefficient (Wildman–Crippen LogP) is 0.436. The first-order valence-corrected chi connectivity index (χ1v) is 7.92. The molecule has 1 aliphatic rings. The van der Waals surface area contributed by atoms with Gasteiger partial charge in [0.05, 0.1) is 18.8 Å². The minimum atomic E-state index is -0.825. The number of furan rings is 1. The zero-order valence-electron chi connectivity index (χ0n) is 13.4. The topological polar surface area (TPSA) is 101 Å². The number of hydrogen-bond acceptors (Lipinski definition) is 6. The Balaban J connectivity index is 2.04. The van der Waals surface area contributed by atoms with Crippen molar-refractivity contribution in [2.75, 3.05) is 13.1 Å². The molecule has 2 amide bonds. The van der Waals surface area contributed by atoms with E-state index >= 15 is 0 Å². The molecule has 0 unspecified atom stereocenters. The molecular weight excluding hydrogens is 334 g/mol. The fourth-order valence-electron chi connectivity index (χ4n) is 2.27. The average molecular weight is 353 g/mol. The third-order valence-electron chi connectivity index (χ3n) is 3.28. The average Bonchev–Trinajstić information content (AvgIpc) is 3.02. The Morgan fingerprint density at radius 3 is 2.92 bits per heavy atom. The van der Waals surface area contributed by atoms with Gasteiger partial charge in [-0.25, -0.2) is 0 Å². The maximum Gasteiger partial charge on any atom is 0.308 e. The number of amides is 2. The Morgan fingerprint density at radius 2 is 2.29 bits per heavy atom. The normalized spacial score (nSPS) is 17.4. The summed E-state index contributed by atoms with van der Waals surface area (Å²) in [5.74, 6) is -1.25. The van der Waals surface area contributed by atoms with Crippen molar-refractivity contribution < 1.29 is 23.5 Å². The summed E-state index contributed by atoms with van der Waals surface area (Å²) in [7, 11) is 0. The highest BCUT2D eigenvalue weighted by Gasteiger charge is 2.34. The molecule has 2 N–H and O–H groups in total. The minimum absolute atomic E-state index is 0.0635. The Hall–Kier alpha value is -2.42. The van der Waals surface area contributed by atoms with Crippen molar-refractivity contribution in [2.45, 2.75) is 32.4 Å². The van der Waals surface area contributed by atoms with Crippen LogP contribution in [0.4, 0.5) is 0 Å². The van der Waals surface area contributed by atoms with Gasteiger partial charge in [-0.3, -0.25) is 19.7 Å². The first kappa shape index (κ1) is 17.9. The molecule has 1 atom stereocenters. The molecule has 0 aliphatic carbocycles. The van der Waals surface area contributed by atoms with Crippen LogP contribution in [-0.2, 0) is 14.3 Å². The molecular formula is C15H19N3O5S. The maximum absolute atomic E-state index is 12.1. The fraction of sp³-hybridized carbons (Fsp3) is 0.467. The number of rotatable bonds is 4. The summed E-state index contributed by atoms with van der Waals surface area (Å²) in [6.45, 7) is 4.20. The van der Waals surface area contributed by atoms with Gasteiger partial charge in [-0.15, -0.1) is 0 Å². The number of esters is 1. The van der Waals surface area contributed by atoms with Crippen LogP contribution >= 0.6 is 12.2 Å². The van der Waals surface area contributed by atoms with E-state index < -0.39 is 17.9 Å². The van der Waals surface area contributed by atoms with E-state index in [-0.39, 0.29) is 29.3 Å². The van der Waals surface area contributed by atoms with E-state index in [2.05, 4.69) is 10.6 Å². The van der Waals surface area contributed by atoms with Crippen LogP contribution in [0.15, 0.2) is 22.8 Å². The van der Waals surface area contributed by atoms with Crippen LogP contribution in [-0.4, -0.2) is 53.0 Å². The molecule has 130 valence electrons. The van der Waals surface area contributed by atoms with Crippen molar-refractivity contribution in [1.29, 1.82) is 0 Å². The lowest BCUT2D eigenvalue weighted by Gasteiger charge is -2.36. The van der Waals surface area contributed by atoms with E-state index in [4.69, 9.17) is 21.4 Å². The molecule has 1 saturated heterocycles. The summed E-state index contributed by atoms with van der Waals surface area (Å²) >= 11 is 5.22. The quantitative estimate of drug-likeness (QED) is 0.598. The molecule has 0 bridgehead atoms. The smallest absolute Gasteiger partial charge is 0.308 e. The lowest BCUT2D eigenvalue weighted by atomic mass is 10.1. The third kappa shape index (κ3) is 4.54. The van der Waals surface area contributed by atoms with Crippen molar-refractivity contribution >= 4 is 35.1 Å².